The van der Waals surface area contributed by atoms with Gasteiger partial charge in [0.15, 0.2) is 0 Å². The first-order valence-electron chi connectivity index (χ1n) is 6.13. The number of ether oxygens (including phenoxy) is 1. The van der Waals surface area contributed by atoms with Crippen LogP contribution in [-0.2, 0) is 4.74 Å². The van der Waals surface area contributed by atoms with Crippen molar-refractivity contribution in [2.24, 2.45) is 0 Å². The summed E-state index contributed by atoms with van der Waals surface area (Å²) >= 11 is 0. The summed E-state index contributed by atoms with van der Waals surface area (Å²) in [4.78, 5) is 2.57. The van der Waals surface area contributed by atoms with Crippen LogP contribution >= 0.6 is 0 Å². The molecule has 3 nitrogen and oxygen atoms in total. The summed E-state index contributed by atoms with van der Waals surface area (Å²) in [5, 5.41) is 3.61. The zero-order valence-electron chi connectivity index (χ0n) is 10.7. The Balaban J connectivity index is 2.53. The average molecular weight is 214 g/mol. The molecule has 1 heterocycles. The van der Waals surface area contributed by atoms with Gasteiger partial charge in [0, 0.05) is 38.3 Å². The van der Waals surface area contributed by atoms with Crippen molar-refractivity contribution in [2.75, 3.05) is 33.4 Å². The molecule has 0 saturated carbocycles. The van der Waals surface area contributed by atoms with E-state index in [1.807, 2.05) is 0 Å². The van der Waals surface area contributed by atoms with Gasteiger partial charge in [-0.15, -0.1) is 0 Å². The minimum atomic E-state index is 0.291. The van der Waals surface area contributed by atoms with E-state index >= 15 is 0 Å². The van der Waals surface area contributed by atoms with Crippen LogP contribution in [0, 0.1) is 0 Å². The minimum absolute atomic E-state index is 0.291. The highest BCUT2D eigenvalue weighted by atomic mass is 16.5. The lowest BCUT2D eigenvalue weighted by molar-refractivity contribution is 0.0462. The van der Waals surface area contributed by atoms with E-state index in [4.69, 9.17) is 4.74 Å². The molecule has 0 aromatic heterocycles. The fraction of sp³-hybridized carbons (Fsp3) is 1.00. The molecule has 0 radical (unpaired) electrons. The molecule has 1 rings (SSSR count). The fourth-order valence-electron chi connectivity index (χ4n) is 2.31. The molecule has 1 fully saturated rings. The number of hydrogen-bond donors (Lipinski definition) is 1. The number of nitrogens with zero attached hydrogens (tertiary/aromatic N) is 1. The van der Waals surface area contributed by atoms with E-state index in [1.54, 1.807) is 7.11 Å². The Hall–Kier alpha value is -0.120. The normalized spacial score (nSPS) is 30.4. The van der Waals surface area contributed by atoms with Gasteiger partial charge in [-0.3, -0.25) is 4.90 Å². The zero-order chi connectivity index (χ0) is 11.3. The second kappa shape index (κ2) is 5.83. The van der Waals surface area contributed by atoms with Gasteiger partial charge >= 0.3 is 0 Å². The van der Waals surface area contributed by atoms with Gasteiger partial charge in [0.1, 0.15) is 0 Å². The fourth-order valence-corrected chi connectivity index (χ4v) is 2.31. The zero-order valence-corrected chi connectivity index (χ0v) is 10.7. The standard InChI is InChI=1S/C12H26N2O/c1-5-11(9-15-4)14-8-7-13-12(3,6-2)10-14/h11,13H,5-10H2,1-4H3. The number of piperazine rings is 1. The van der Waals surface area contributed by atoms with Crippen LogP contribution in [0.3, 0.4) is 0 Å². The van der Waals surface area contributed by atoms with Crippen molar-refractivity contribution < 1.29 is 4.74 Å². The lowest BCUT2D eigenvalue weighted by Gasteiger charge is -2.44. The summed E-state index contributed by atoms with van der Waals surface area (Å²) in [6.07, 6.45) is 2.36. The molecular weight excluding hydrogens is 188 g/mol. The van der Waals surface area contributed by atoms with Crippen molar-refractivity contribution in [3.05, 3.63) is 0 Å². The van der Waals surface area contributed by atoms with E-state index in [9.17, 15) is 0 Å². The maximum atomic E-state index is 5.29. The molecule has 1 N–H and O–H groups in total. The highest BCUT2D eigenvalue weighted by molar-refractivity contribution is 4.91. The van der Waals surface area contributed by atoms with Gasteiger partial charge in [-0.25, -0.2) is 0 Å². The van der Waals surface area contributed by atoms with Gasteiger partial charge in [0.05, 0.1) is 6.61 Å². The Morgan fingerprint density at radius 1 is 1.47 bits per heavy atom. The molecule has 3 heteroatoms. The highest BCUT2D eigenvalue weighted by Crippen LogP contribution is 2.18. The first-order chi connectivity index (χ1) is 7.15. The van der Waals surface area contributed by atoms with Crippen LogP contribution in [0.2, 0.25) is 0 Å². The first kappa shape index (κ1) is 12.9. The maximum absolute atomic E-state index is 5.29. The number of nitrogens with one attached hydrogen (secondary N) is 1. The van der Waals surface area contributed by atoms with Crippen molar-refractivity contribution in [1.29, 1.82) is 0 Å². The SMILES string of the molecule is CCC(COC)N1CCNC(C)(CC)C1. The molecule has 0 amide bonds. The van der Waals surface area contributed by atoms with Crippen molar-refractivity contribution in [3.8, 4) is 0 Å². The Morgan fingerprint density at radius 3 is 2.73 bits per heavy atom. The molecular formula is C12H26N2O. The van der Waals surface area contributed by atoms with Gasteiger partial charge in [-0.05, 0) is 19.8 Å². The third-order valence-electron chi connectivity index (χ3n) is 3.63. The van der Waals surface area contributed by atoms with E-state index < -0.39 is 0 Å². The Bertz CT molecular complexity index is 186. The third-order valence-corrected chi connectivity index (χ3v) is 3.63. The average Bonchev–Trinajstić information content (AvgIpc) is 2.26. The maximum Gasteiger partial charge on any atom is 0.0617 e. The number of rotatable bonds is 5. The summed E-state index contributed by atoms with van der Waals surface area (Å²) < 4.78 is 5.29. The van der Waals surface area contributed by atoms with Crippen LogP contribution in [0.15, 0.2) is 0 Å². The quantitative estimate of drug-likeness (QED) is 0.750. The van der Waals surface area contributed by atoms with E-state index in [2.05, 4.69) is 31.0 Å². The highest BCUT2D eigenvalue weighted by Gasteiger charge is 2.31. The summed E-state index contributed by atoms with van der Waals surface area (Å²) in [7, 11) is 1.80. The lowest BCUT2D eigenvalue weighted by atomic mass is 9.94. The molecule has 0 spiro atoms. The molecule has 0 aliphatic carbocycles. The minimum Gasteiger partial charge on any atom is -0.383 e. The van der Waals surface area contributed by atoms with E-state index in [1.165, 1.54) is 12.8 Å². The van der Waals surface area contributed by atoms with Crippen LogP contribution in [0.1, 0.15) is 33.6 Å². The summed E-state index contributed by atoms with van der Waals surface area (Å²) in [6.45, 7) is 11.1. The number of methoxy groups -OCH3 is 1. The van der Waals surface area contributed by atoms with Gasteiger partial charge < -0.3 is 10.1 Å². The lowest BCUT2D eigenvalue weighted by Crippen LogP contribution is -2.61. The molecule has 0 aromatic carbocycles. The molecule has 1 aliphatic rings. The van der Waals surface area contributed by atoms with Crippen LogP contribution in [0.4, 0.5) is 0 Å². The topological polar surface area (TPSA) is 24.5 Å². The molecule has 1 aliphatic heterocycles. The largest absolute Gasteiger partial charge is 0.383 e. The molecule has 15 heavy (non-hydrogen) atoms. The third kappa shape index (κ3) is 3.44. The predicted molar refractivity (Wildman–Crippen MR) is 64.2 cm³/mol. The van der Waals surface area contributed by atoms with E-state index in [-0.39, 0.29) is 0 Å². The summed E-state index contributed by atoms with van der Waals surface area (Å²) in [6, 6.07) is 0.586. The van der Waals surface area contributed by atoms with Crippen LogP contribution in [0.5, 0.6) is 0 Å². The van der Waals surface area contributed by atoms with Gasteiger partial charge in [0.25, 0.3) is 0 Å². The monoisotopic (exact) mass is 214 g/mol. The van der Waals surface area contributed by atoms with Crippen LogP contribution in [-0.4, -0.2) is 49.8 Å². The molecule has 2 atom stereocenters. The Labute approximate surface area is 94.2 Å². The van der Waals surface area contributed by atoms with Crippen molar-refractivity contribution >= 4 is 0 Å². The van der Waals surface area contributed by atoms with E-state index in [0.717, 1.165) is 26.2 Å². The van der Waals surface area contributed by atoms with Crippen molar-refractivity contribution in [3.63, 3.8) is 0 Å². The van der Waals surface area contributed by atoms with E-state index in [0.29, 0.717) is 11.6 Å². The molecule has 1 saturated heterocycles. The Kier molecular flexibility index (Phi) is 5.03. The van der Waals surface area contributed by atoms with Crippen molar-refractivity contribution in [2.45, 2.75) is 45.2 Å². The van der Waals surface area contributed by atoms with Gasteiger partial charge in [0.2, 0.25) is 0 Å². The van der Waals surface area contributed by atoms with Gasteiger partial charge in [-0.1, -0.05) is 13.8 Å². The molecule has 2 unspecified atom stereocenters. The summed E-state index contributed by atoms with van der Waals surface area (Å²) in [5.74, 6) is 0. The number of hydrogen-bond acceptors (Lipinski definition) is 3. The van der Waals surface area contributed by atoms with Crippen LogP contribution < -0.4 is 5.32 Å². The summed E-state index contributed by atoms with van der Waals surface area (Å²) in [5.41, 5.74) is 0.291. The van der Waals surface area contributed by atoms with Gasteiger partial charge in [-0.2, -0.15) is 0 Å². The van der Waals surface area contributed by atoms with Crippen molar-refractivity contribution in [1.82, 2.24) is 10.2 Å². The molecule has 90 valence electrons. The molecule has 0 aromatic rings. The Morgan fingerprint density at radius 2 is 2.20 bits per heavy atom. The first-order valence-corrected chi connectivity index (χ1v) is 6.13. The molecule has 0 bridgehead atoms. The smallest absolute Gasteiger partial charge is 0.0617 e. The predicted octanol–water partition coefficient (Wildman–Crippen LogP) is 1.49. The second-order valence-electron chi connectivity index (χ2n) is 4.83. The second-order valence-corrected chi connectivity index (χ2v) is 4.83. The van der Waals surface area contributed by atoms with Crippen LogP contribution in [0.25, 0.3) is 0 Å².